The van der Waals surface area contributed by atoms with Crippen molar-refractivity contribution >= 4 is 17.9 Å². The summed E-state index contributed by atoms with van der Waals surface area (Å²) < 4.78 is 6.16. The molecule has 1 heterocycles. The van der Waals surface area contributed by atoms with Gasteiger partial charge >= 0.3 is 6.09 Å². The Morgan fingerprint density at radius 1 is 1.34 bits per heavy atom. The molecule has 2 rings (SSSR count). The molecule has 0 aromatic heterocycles. The molecule has 0 aliphatic carbocycles. The molecule has 1 N–H and O–H groups in total. The summed E-state index contributed by atoms with van der Waals surface area (Å²) in [5.74, 6) is -0.722. The zero-order chi connectivity index (χ0) is 21.9. The van der Waals surface area contributed by atoms with Crippen molar-refractivity contribution in [3.05, 3.63) is 29.3 Å². The smallest absolute Gasteiger partial charge is 0.407 e. The Hall–Kier alpha value is -2.81. The lowest BCUT2D eigenvalue weighted by molar-refractivity contribution is -0.0760. The Morgan fingerprint density at radius 3 is 2.55 bits per heavy atom. The van der Waals surface area contributed by atoms with Gasteiger partial charge in [0.25, 0.3) is 11.8 Å². The van der Waals surface area contributed by atoms with E-state index in [-0.39, 0.29) is 41.3 Å². The molecule has 0 unspecified atom stereocenters. The van der Waals surface area contributed by atoms with Gasteiger partial charge in [-0.1, -0.05) is 13.0 Å². The Bertz CT molecular complexity index is 781. The van der Waals surface area contributed by atoms with Gasteiger partial charge in [0.05, 0.1) is 24.8 Å². The molecule has 0 bridgehead atoms. The largest absolute Gasteiger partial charge is 0.487 e. The number of rotatable bonds is 5. The number of carbonyl (C=O) groups is 3. The maximum atomic E-state index is 13.2. The van der Waals surface area contributed by atoms with Gasteiger partial charge in [0, 0.05) is 32.6 Å². The summed E-state index contributed by atoms with van der Waals surface area (Å²) in [4.78, 5) is 45.2. The van der Waals surface area contributed by atoms with E-state index in [9.17, 15) is 19.5 Å². The highest BCUT2D eigenvalue weighted by Crippen LogP contribution is 2.32. The number of carboxylic acid groups (broad SMARTS) is 1. The molecular weight excluding hydrogens is 378 g/mol. The third-order valence-corrected chi connectivity index (χ3v) is 5.09. The van der Waals surface area contributed by atoms with Crippen LogP contribution in [-0.4, -0.2) is 84.3 Å². The number of ether oxygens (including phenoxy) is 1. The second kappa shape index (κ2) is 9.13. The lowest BCUT2D eigenvalue weighted by Gasteiger charge is -2.38. The van der Waals surface area contributed by atoms with Crippen molar-refractivity contribution < 1.29 is 29.1 Å². The van der Waals surface area contributed by atoms with E-state index in [2.05, 4.69) is 0 Å². The van der Waals surface area contributed by atoms with Crippen LogP contribution in [0.4, 0.5) is 4.79 Å². The van der Waals surface area contributed by atoms with Crippen molar-refractivity contribution in [1.29, 1.82) is 0 Å². The van der Waals surface area contributed by atoms with E-state index in [1.165, 1.54) is 21.2 Å². The molecule has 1 aliphatic heterocycles. The molecule has 160 valence electrons. The van der Waals surface area contributed by atoms with Crippen LogP contribution < -0.4 is 4.74 Å². The van der Waals surface area contributed by atoms with Gasteiger partial charge in [-0.15, -0.1) is 0 Å². The van der Waals surface area contributed by atoms with Crippen LogP contribution in [0.25, 0.3) is 0 Å². The molecule has 1 aliphatic rings. The fraction of sp³-hybridized carbons (Fsp3) is 0.550. The van der Waals surface area contributed by atoms with Gasteiger partial charge < -0.3 is 19.6 Å². The topological polar surface area (TPSA) is 99.6 Å². The molecule has 3 amide bonds. The molecule has 0 saturated heterocycles. The van der Waals surface area contributed by atoms with E-state index in [1.54, 1.807) is 23.1 Å². The summed E-state index contributed by atoms with van der Waals surface area (Å²) >= 11 is 0. The molecule has 0 spiro atoms. The average molecular weight is 407 g/mol. The van der Waals surface area contributed by atoms with E-state index in [4.69, 9.17) is 9.57 Å². The minimum Gasteiger partial charge on any atom is -0.487 e. The SMILES string of the molecule is CON(C)C(=O)c1cccc2c1O[C@H](CN(C)C(=O)O)[C@@H](C)CN(C(C)C)C2=O. The molecule has 1 aromatic carbocycles. The fourth-order valence-electron chi connectivity index (χ4n) is 3.20. The third-order valence-electron chi connectivity index (χ3n) is 5.09. The predicted molar refractivity (Wildman–Crippen MR) is 106 cm³/mol. The van der Waals surface area contributed by atoms with Crippen LogP contribution in [0, 0.1) is 5.92 Å². The first kappa shape index (κ1) is 22.5. The van der Waals surface area contributed by atoms with Gasteiger partial charge in [-0.25, -0.2) is 9.86 Å². The quantitative estimate of drug-likeness (QED) is 0.751. The fourth-order valence-corrected chi connectivity index (χ4v) is 3.20. The zero-order valence-electron chi connectivity index (χ0n) is 17.7. The van der Waals surface area contributed by atoms with Gasteiger partial charge in [0.2, 0.25) is 0 Å². The molecule has 9 heteroatoms. The van der Waals surface area contributed by atoms with Crippen molar-refractivity contribution in [1.82, 2.24) is 14.9 Å². The predicted octanol–water partition coefficient (Wildman–Crippen LogP) is 2.18. The van der Waals surface area contributed by atoms with Crippen molar-refractivity contribution in [3.63, 3.8) is 0 Å². The Kier molecular flexibility index (Phi) is 7.07. The number of nitrogens with zero attached hydrogens (tertiary/aromatic N) is 3. The number of carbonyl (C=O) groups excluding carboxylic acids is 2. The minimum absolute atomic E-state index is 0.0743. The molecule has 1 aromatic rings. The molecule has 0 saturated carbocycles. The van der Waals surface area contributed by atoms with Crippen LogP contribution in [0.3, 0.4) is 0 Å². The van der Waals surface area contributed by atoms with Gasteiger partial charge in [-0.05, 0) is 26.0 Å². The van der Waals surface area contributed by atoms with Crippen LogP contribution >= 0.6 is 0 Å². The van der Waals surface area contributed by atoms with Crippen LogP contribution in [0.1, 0.15) is 41.5 Å². The Morgan fingerprint density at radius 2 is 2.00 bits per heavy atom. The lowest BCUT2D eigenvalue weighted by Crippen LogP contribution is -2.49. The number of amides is 3. The molecule has 0 fully saturated rings. The highest BCUT2D eigenvalue weighted by molar-refractivity contribution is 6.04. The minimum atomic E-state index is -1.08. The highest BCUT2D eigenvalue weighted by Gasteiger charge is 2.35. The molecule has 29 heavy (non-hydrogen) atoms. The normalized spacial score (nSPS) is 19.1. The summed E-state index contributed by atoms with van der Waals surface area (Å²) in [5.41, 5.74) is 0.449. The maximum absolute atomic E-state index is 13.2. The van der Waals surface area contributed by atoms with Crippen LogP contribution in [0.2, 0.25) is 0 Å². The number of hydroxylamine groups is 2. The first-order valence-electron chi connectivity index (χ1n) is 9.45. The first-order valence-corrected chi connectivity index (χ1v) is 9.45. The van der Waals surface area contributed by atoms with Crippen LogP contribution in [0.15, 0.2) is 18.2 Å². The van der Waals surface area contributed by atoms with E-state index in [0.717, 1.165) is 9.96 Å². The number of benzene rings is 1. The van der Waals surface area contributed by atoms with E-state index >= 15 is 0 Å². The summed E-state index contributed by atoms with van der Waals surface area (Å²) in [5, 5.41) is 10.3. The molecule has 0 radical (unpaired) electrons. The zero-order valence-corrected chi connectivity index (χ0v) is 17.7. The second-order valence-electron chi connectivity index (χ2n) is 7.52. The van der Waals surface area contributed by atoms with Crippen LogP contribution in [0.5, 0.6) is 5.75 Å². The van der Waals surface area contributed by atoms with E-state index < -0.39 is 18.1 Å². The second-order valence-corrected chi connectivity index (χ2v) is 7.52. The first-order chi connectivity index (χ1) is 13.6. The standard InChI is InChI=1S/C20H29N3O6/c1-12(2)23-10-13(3)16(11-21(4)20(26)27)29-17-14(18(24)22(5)28-6)8-7-9-15(17)19(23)25/h7-9,12-13,16H,10-11H2,1-6H3,(H,26,27)/t13-,16+/m0/s1. The number of fused-ring (bicyclic) bond motifs is 1. The van der Waals surface area contributed by atoms with Gasteiger partial charge in [-0.3, -0.25) is 14.4 Å². The third kappa shape index (κ3) is 4.79. The highest BCUT2D eigenvalue weighted by atomic mass is 16.7. The summed E-state index contributed by atoms with van der Waals surface area (Å²) in [7, 11) is 4.29. The average Bonchev–Trinajstić information content (AvgIpc) is 2.68. The van der Waals surface area contributed by atoms with Crippen molar-refractivity contribution in [2.45, 2.75) is 32.9 Å². The number of likely N-dealkylation sites (N-methyl/N-ethyl adjacent to an activating group) is 1. The Balaban J connectivity index is 2.60. The van der Waals surface area contributed by atoms with Gasteiger partial charge in [0.15, 0.2) is 0 Å². The summed E-state index contributed by atoms with van der Waals surface area (Å²) in [6.45, 7) is 6.24. The number of hydrogen-bond donors (Lipinski definition) is 1. The summed E-state index contributed by atoms with van der Waals surface area (Å²) in [6.07, 6.45) is -1.63. The molecule has 2 atom stereocenters. The number of hydrogen-bond acceptors (Lipinski definition) is 5. The summed E-state index contributed by atoms with van der Waals surface area (Å²) in [6, 6.07) is 4.73. The Labute approximate surface area is 170 Å². The molecular formula is C20H29N3O6. The monoisotopic (exact) mass is 407 g/mol. The van der Waals surface area contributed by atoms with E-state index in [1.807, 2.05) is 20.8 Å². The maximum Gasteiger partial charge on any atom is 0.407 e. The van der Waals surface area contributed by atoms with Crippen molar-refractivity contribution in [2.75, 3.05) is 34.3 Å². The number of para-hydroxylation sites is 1. The van der Waals surface area contributed by atoms with Crippen molar-refractivity contribution in [2.24, 2.45) is 5.92 Å². The van der Waals surface area contributed by atoms with Gasteiger partial charge in [-0.2, -0.15) is 0 Å². The molecule has 9 nitrogen and oxygen atoms in total. The van der Waals surface area contributed by atoms with Gasteiger partial charge in [0.1, 0.15) is 11.9 Å². The lowest BCUT2D eigenvalue weighted by atomic mass is 9.98. The van der Waals surface area contributed by atoms with Crippen molar-refractivity contribution in [3.8, 4) is 5.75 Å². The van der Waals surface area contributed by atoms with E-state index in [0.29, 0.717) is 6.54 Å². The van der Waals surface area contributed by atoms with Crippen LogP contribution in [-0.2, 0) is 4.84 Å².